The molecule has 0 aliphatic heterocycles. The van der Waals surface area contributed by atoms with Crippen LogP contribution in [0.4, 0.5) is 18.9 Å². The summed E-state index contributed by atoms with van der Waals surface area (Å²) in [5, 5.41) is 2.62. The number of hydrogen-bond donors (Lipinski definition) is 2. The van der Waals surface area contributed by atoms with Gasteiger partial charge in [0, 0.05) is 0 Å². The minimum atomic E-state index is -4.79. The lowest BCUT2D eigenvalue weighted by molar-refractivity contribution is -0.274. The molecule has 0 saturated heterocycles. The van der Waals surface area contributed by atoms with Gasteiger partial charge in [-0.25, -0.2) is 0 Å². The Hall–Kier alpha value is -1.92. The molecule has 0 aliphatic rings. The molecule has 1 atom stereocenters. The van der Waals surface area contributed by atoms with E-state index in [4.69, 9.17) is 5.73 Å². The van der Waals surface area contributed by atoms with Crippen LogP contribution in [-0.2, 0) is 4.79 Å². The molecule has 3 N–H and O–H groups in total. The summed E-state index contributed by atoms with van der Waals surface area (Å²) in [5.41, 5.74) is 5.18. The first kappa shape index (κ1) is 14.1. The maximum atomic E-state index is 12.2. The standard InChI is InChI=1S/C11H13F3N2O2/c1-2-7(10(15)17)16-8-5-3-4-6-9(8)18-11(12,13)14/h3-7,16H,2H2,1H3,(H2,15,17). The number of rotatable bonds is 5. The van der Waals surface area contributed by atoms with Gasteiger partial charge in [-0.15, -0.1) is 13.2 Å². The van der Waals surface area contributed by atoms with Crippen molar-refractivity contribution in [2.75, 3.05) is 5.32 Å². The summed E-state index contributed by atoms with van der Waals surface area (Å²) >= 11 is 0. The van der Waals surface area contributed by atoms with E-state index in [9.17, 15) is 18.0 Å². The summed E-state index contributed by atoms with van der Waals surface area (Å²) in [5.74, 6) is -1.04. The van der Waals surface area contributed by atoms with Crippen LogP contribution >= 0.6 is 0 Å². The van der Waals surface area contributed by atoms with Crippen molar-refractivity contribution in [1.82, 2.24) is 0 Å². The van der Waals surface area contributed by atoms with E-state index in [0.717, 1.165) is 6.07 Å². The van der Waals surface area contributed by atoms with Gasteiger partial charge in [0.1, 0.15) is 6.04 Å². The lowest BCUT2D eigenvalue weighted by atomic mass is 10.2. The molecule has 0 fully saturated rings. The van der Waals surface area contributed by atoms with E-state index in [0.29, 0.717) is 6.42 Å². The molecule has 4 nitrogen and oxygen atoms in total. The van der Waals surface area contributed by atoms with Gasteiger partial charge in [0.25, 0.3) is 0 Å². The molecule has 0 saturated carbocycles. The van der Waals surface area contributed by atoms with Crippen molar-refractivity contribution in [3.05, 3.63) is 24.3 Å². The third-order valence-electron chi connectivity index (χ3n) is 2.19. The van der Waals surface area contributed by atoms with Crippen molar-refractivity contribution < 1.29 is 22.7 Å². The van der Waals surface area contributed by atoms with E-state index in [1.807, 2.05) is 0 Å². The van der Waals surface area contributed by atoms with Crippen LogP contribution in [0.15, 0.2) is 24.3 Å². The second-order valence-electron chi connectivity index (χ2n) is 3.55. The smallest absolute Gasteiger partial charge is 0.404 e. The summed E-state index contributed by atoms with van der Waals surface area (Å²) in [6, 6.07) is 4.72. The third kappa shape index (κ3) is 4.15. The van der Waals surface area contributed by atoms with Crippen LogP contribution in [0.25, 0.3) is 0 Å². The number of amides is 1. The van der Waals surface area contributed by atoms with E-state index in [1.165, 1.54) is 18.2 Å². The molecule has 18 heavy (non-hydrogen) atoms. The number of anilines is 1. The zero-order chi connectivity index (χ0) is 13.8. The van der Waals surface area contributed by atoms with Crippen molar-refractivity contribution in [2.24, 2.45) is 5.73 Å². The van der Waals surface area contributed by atoms with Gasteiger partial charge >= 0.3 is 6.36 Å². The van der Waals surface area contributed by atoms with E-state index in [2.05, 4.69) is 10.1 Å². The highest BCUT2D eigenvalue weighted by molar-refractivity contribution is 5.83. The quantitative estimate of drug-likeness (QED) is 0.855. The molecule has 0 spiro atoms. The predicted octanol–water partition coefficient (Wildman–Crippen LogP) is 2.26. The zero-order valence-electron chi connectivity index (χ0n) is 9.62. The molecule has 0 aromatic heterocycles. The van der Waals surface area contributed by atoms with Crippen LogP contribution in [0.2, 0.25) is 0 Å². The first-order chi connectivity index (χ1) is 8.33. The van der Waals surface area contributed by atoms with Crippen molar-refractivity contribution in [1.29, 1.82) is 0 Å². The maximum absolute atomic E-state index is 12.2. The largest absolute Gasteiger partial charge is 0.573 e. The first-order valence-electron chi connectivity index (χ1n) is 5.24. The lowest BCUT2D eigenvalue weighted by Gasteiger charge is -2.18. The van der Waals surface area contributed by atoms with Gasteiger partial charge in [-0.05, 0) is 18.6 Å². The van der Waals surface area contributed by atoms with Crippen molar-refractivity contribution in [3.8, 4) is 5.75 Å². The molecular weight excluding hydrogens is 249 g/mol. The SMILES string of the molecule is CCC(Nc1ccccc1OC(F)(F)F)C(N)=O. The van der Waals surface area contributed by atoms with Gasteiger partial charge in [0.05, 0.1) is 5.69 Å². The van der Waals surface area contributed by atoms with Crippen molar-refractivity contribution in [2.45, 2.75) is 25.7 Å². The molecule has 7 heteroatoms. The molecule has 1 amide bonds. The third-order valence-corrected chi connectivity index (χ3v) is 2.19. The highest BCUT2D eigenvalue weighted by atomic mass is 19.4. The Bertz CT molecular complexity index is 421. The summed E-state index contributed by atoms with van der Waals surface area (Å²) in [6.45, 7) is 1.69. The Labute approximate surface area is 102 Å². The van der Waals surface area contributed by atoms with Crippen molar-refractivity contribution in [3.63, 3.8) is 0 Å². The monoisotopic (exact) mass is 262 g/mol. The van der Waals surface area contributed by atoms with Crippen LogP contribution < -0.4 is 15.8 Å². The van der Waals surface area contributed by atoms with Gasteiger partial charge in [-0.2, -0.15) is 0 Å². The number of benzene rings is 1. The molecule has 1 aromatic carbocycles. The first-order valence-corrected chi connectivity index (χ1v) is 5.24. The van der Waals surface area contributed by atoms with Gasteiger partial charge in [-0.1, -0.05) is 19.1 Å². The number of nitrogens with two attached hydrogens (primary N) is 1. The lowest BCUT2D eigenvalue weighted by Crippen LogP contribution is -2.35. The van der Waals surface area contributed by atoms with E-state index < -0.39 is 24.1 Å². The Balaban J connectivity index is 2.91. The summed E-state index contributed by atoms with van der Waals surface area (Å²) in [4.78, 5) is 11.0. The molecule has 1 aromatic rings. The predicted molar refractivity (Wildman–Crippen MR) is 60.0 cm³/mol. The molecule has 0 radical (unpaired) electrons. The number of para-hydroxylation sites is 2. The van der Waals surface area contributed by atoms with Crippen molar-refractivity contribution >= 4 is 11.6 Å². The van der Waals surface area contributed by atoms with Crippen LogP contribution in [0.3, 0.4) is 0 Å². The molecule has 0 bridgehead atoms. The fourth-order valence-electron chi connectivity index (χ4n) is 1.36. The number of carbonyl (C=O) groups is 1. The number of alkyl halides is 3. The summed E-state index contributed by atoms with van der Waals surface area (Å²) in [6.07, 6.45) is -4.43. The van der Waals surface area contributed by atoms with Gasteiger partial charge in [0.2, 0.25) is 5.91 Å². The average molecular weight is 262 g/mol. The highest BCUT2D eigenvalue weighted by Crippen LogP contribution is 2.30. The topological polar surface area (TPSA) is 64.3 Å². The number of ether oxygens (including phenoxy) is 1. The second-order valence-corrected chi connectivity index (χ2v) is 3.55. The van der Waals surface area contributed by atoms with E-state index in [1.54, 1.807) is 6.92 Å². The summed E-state index contributed by atoms with van der Waals surface area (Å²) < 4.78 is 40.3. The fourth-order valence-corrected chi connectivity index (χ4v) is 1.36. The van der Waals surface area contributed by atoms with E-state index >= 15 is 0 Å². The highest BCUT2D eigenvalue weighted by Gasteiger charge is 2.32. The molecule has 0 heterocycles. The number of hydrogen-bond acceptors (Lipinski definition) is 3. The minimum absolute atomic E-state index is 0.0699. The average Bonchev–Trinajstić information content (AvgIpc) is 2.25. The van der Waals surface area contributed by atoms with Crippen LogP contribution in [0.1, 0.15) is 13.3 Å². The molecule has 1 unspecified atom stereocenters. The molecular formula is C11H13F3N2O2. The van der Waals surface area contributed by atoms with Gasteiger partial charge in [-0.3, -0.25) is 4.79 Å². The van der Waals surface area contributed by atoms with Crippen LogP contribution in [0, 0.1) is 0 Å². The second kappa shape index (κ2) is 5.61. The zero-order valence-corrected chi connectivity index (χ0v) is 9.62. The van der Waals surface area contributed by atoms with Crippen LogP contribution in [-0.4, -0.2) is 18.3 Å². The van der Waals surface area contributed by atoms with Gasteiger partial charge in [0.15, 0.2) is 5.75 Å². The number of halogens is 3. The number of nitrogens with one attached hydrogen (secondary N) is 1. The number of carbonyl (C=O) groups excluding carboxylic acids is 1. The Morgan fingerprint density at radius 3 is 2.56 bits per heavy atom. The Kier molecular flexibility index (Phi) is 4.41. The maximum Gasteiger partial charge on any atom is 0.573 e. The molecule has 100 valence electrons. The number of primary amides is 1. The Morgan fingerprint density at radius 1 is 1.44 bits per heavy atom. The summed E-state index contributed by atoms with van der Waals surface area (Å²) in [7, 11) is 0. The van der Waals surface area contributed by atoms with E-state index in [-0.39, 0.29) is 5.69 Å². The Morgan fingerprint density at radius 2 is 2.06 bits per heavy atom. The molecule has 0 aliphatic carbocycles. The van der Waals surface area contributed by atoms with Gasteiger partial charge < -0.3 is 15.8 Å². The normalized spacial score (nSPS) is 12.9. The fraction of sp³-hybridized carbons (Fsp3) is 0.364. The molecule has 1 rings (SSSR count). The minimum Gasteiger partial charge on any atom is -0.404 e. The van der Waals surface area contributed by atoms with Crippen LogP contribution in [0.5, 0.6) is 5.75 Å².